The first-order valence-corrected chi connectivity index (χ1v) is 5.83. The van der Waals surface area contributed by atoms with Crippen LogP contribution in [0.3, 0.4) is 0 Å². The lowest BCUT2D eigenvalue weighted by atomic mass is 10.3. The number of hydrogen-bond donors (Lipinski definition) is 1. The van der Waals surface area contributed by atoms with Crippen LogP contribution in [0.4, 0.5) is 0 Å². The molecule has 1 aromatic heterocycles. The van der Waals surface area contributed by atoms with E-state index in [0.717, 1.165) is 0 Å². The number of halogens is 2. The molecule has 0 saturated carbocycles. The van der Waals surface area contributed by atoms with Gasteiger partial charge in [0.05, 0.1) is 5.02 Å². The standard InChI is InChI=1S/C6H3Cl2N2O2P/c7-3-1-2-4(13(8)11)6-5(3)9-12-10-6/h1-2,11H. The van der Waals surface area contributed by atoms with E-state index in [0.29, 0.717) is 21.4 Å². The van der Waals surface area contributed by atoms with Crippen LogP contribution in [0, 0.1) is 0 Å². The van der Waals surface area contributed by atoms with Crippen LogP contribution < -0.4 is 5.30 Å². The van der Waals surface area contributed by atoms with Crippen molar-refractivity contribution in [2.75, 3.05) is 0 Å². The Bertz CT molecular complexity index is 445. The maximum atomic E-state index is 9.21. The first-order valence-electron chi connectivity index (χ1n) is 3.25. The second-order valence-electron chi connectivity index (χ2n) is 2.29. The van der Waals surface area contributed by atoms with Gasteiger partial charge in [0.15, 0.2) is 13.0 Å². The third-order valence-electron chi connectivity index (χ3n) is 1.54. The molecule has 0 spiro atoms. The van der Waals surface area contributed by atoms with Crippen LogP contribution in [0.25, 0.3) is 11.0 Å². The van der Waals surface area contributed by atoms with Crippen molar-refractivity contribution in [1.82, 2.24) is 10.3 Å². The molecule has 4 nitrogen and oxygen atoms in total. The van der Waals surface area contributed by atoms with Crippen LogP contribution in [0.2, 0.25) is 5.02 Å². The van der Waals surface area contributed by atoms with Crippen molar-refractivity contribution in [2.45, 2.75) is 0 Å². The van der Waals surface area contributed by atoms with Gasteiger partial charge in [0.1, 0.15) is 5.52 Å². The summed E-state index contributed by atoms with van der Waals surface area (Å²) < 4.78 is 4.49. The molecule has 2 aromatic rings. The quantitative estimate of drug-likeness (QED) is 0.771. The van der Waals surface area contributed by atoms with E-state index in [-0.39, 0.29) is 0 Å². The normalized spacial score (nSPS) is 13.5. The third-order valence-corrected chi connectivity index (χ3v) is 3.15. The van der Waals surface area contributed by atoms with Gasteiger partial charge in [-0.25, -0.2) is 4.63 Å². The highest BCUT2D eigenvalue weighted by molar-refractivity contribution is 7.85. The highest BCUT2D eigenvalue weighted by Gasteiger charge is 2.15. The maximum absolute atomic E-state index is 9.21. The minimum atomic E-state index is -1.73. The summed E-state index contributed by atoms with van der Waals surface area (Å²) in [7, 11) is -1.73. The Labute approximate surface area is 84.0 Å². The highest BCUT2D eigenvalue weighted by atomic mass is 35.7. The largest absolute Gasteiger partial charge is 0.356 e. The maximum Gasteiger partial charge on any atom is 0.157 e. The van der Waals surface area contributed by atoms with Gasteiger partial charge in [0.2, 0.25) is 0 Å². The van der Waals surface area contributed by atoms with Crippen molar-refractivity contribution < 1.29 is 9.52 Å². The Kier molecular flexibility index (Phi) is 2.39. The smallest absolute Gasteiger partial charge is 0.157 e. The zero-order valence-corrected chi connectivity index (χ0v) is 8.51. The summed E-state index contributed by atoms with van der Waals surface area (Å²) in [6.07, 6.45) is 0. The van der Waals surface area contributed by atoms with Crippen LogP contribution in [0.1, 0.15) is 0 Å². The summed E-state index contributed by atoms with van der Waals surface area (Å²) >= 11 is 11.4. The number of fused-ring (bicyclic) bond motifs is 1. The second-order valence-corrected chi connectivity index (χ2v) is 4.66. The van der Waals surface area contributed by atoms with Gasteiger partial charge in [-0.05, 0) is 22.4 Å². The van der Waals surface area contributed by atoms with E-state index in [1.165, 1.54) is 0 Å². The Balaban J connectivity index is 2.78. The molecule has 0 amide bonds. The first-order chi connectivity index (χ1) is 6.20. The van der Waals surface area contributed by atoms with Gasteiger partial charge < -0.3 is 4.89 Å². The van der Waals surface area contributed by atoms with E-state index < -0.39 is 7.50 Å². The highest BCUT2D eigenvalue weighted by Crippen LogP contribution is 2.37. The summed E-state index contributed by atoms with van der Waals surface area (Å²) in [5, 5.41) is 8.11. The zero-order chi connectivity index (χ0) is 9.42. The van der Waals surface area contributed by atoms with Gasteiger partial charge in [-0.3, -0.25) is 0 Å². The summed E-state index contributed by atoms with van der Waals surface area (Å²) in [4.78, 5) is 9.21. The topological polar surface area (TPSA) is 59.2 Å². The number of nitrogens with zero attached hydrogens (tertiary/aromatic N) is 2. The van der Waals surface area contributed by atoms with Crippen LogP contribution in [0.15, 0.2) is 16.8 Å². The van der Waals surface area contributed by atoms with Gasteiger partial charge in [0, 0.05) is 5.30 Å². The summed E-state index contributed by atoms with van der Waals surface area (Å²) in [6, 6.07) is 3.20. The minimum Gasteiger partial charge on any atom is -0.356 e. The Morgan fingerprint density at radius 2 is 2.00 bits per heavy atom. The van der Waals surface area contributed by atoms with Crippen molar-refractivity contribution >= 4 is 46.7 Å². The van der Waals surface area contributed by atoms with Crippen molar-refractivity contribution in [2.24, 2.45) is 0 Å². The zero-order valence-electron chi connectivity index (χ0n) is 6.11. The molecular weight excluding hydrogens is 234 g/mol. The molecule has 2 rings (SSSR count). The lowest BCUT2D eigenvalue weighted by molar-refractivity contribution is 0.315. The Hall–Kier alpha value is -0.410. The molecule has 0 aliphatic carbocycles. The van der Waals surface area contributed by atoms with Crippen molar-refractivity contribution in [3.05, 3.63) is 17.2 Å². The van der Waals surface area contributed by atoms with E-state index in [2.05, 4.69) is 14.9 Å². The second kappa shape index (κ2) is 3.39. The monoisotopic (exact) mass is 236 g/mol. The van der Waals surface area contributed by atoms with Crippen molar-refractivity contribution in [3.63, 3.8) is 0 Å². The van der Waals surface area contributed by atoms with Gasteiger partial charge in [-0.2, -0.15) is 0 Å². The van der Waals surface area contributed by atoms with E-state index >= 15 is 0 Å². The van der Waals surface area contributed by atoms with Crippen molar-refractivity contribution in [3.8, 4) is 0 Å². The van der Waals surface area contributed by atoms with Gasteiger partial charge in [-0.1, -0.05) is 22.8 Å². The fraction of sp³-hybridized carbons (Fsp3) is 0. The fourth-order valence-corrected chi connectivity index (χ4v) is 2.09. The van der Waals surface area contributed by atoms with E-state index in [4.69, 9.17) is 22.8 Å². The molecular formula is C6H3Cl2N2O2P. The summed E-state index contributed by atoms with van der Waals surface area (Å²) in [6.45, 7) is 0. The third kappa shape index (κ3) is 1.51. The summed E-state index contributed by atoms with van der Waals surface area (Å²) in [5.74, 6) is 0. The van der Waals surface area contributed by atoms with Crippen LogP contribution in [-0.4, -0.2) is 15.2 Å². The molecule has 0 aliphatic rings. The van der Waals surface area contributed by atoms with E-state index in [1.54, 1.807) is 12.1 Å². The van der Waals surface area contributed by atoms with Crippen molar-refractivity contribution in [1.29, 1.82) is 0 Å². The SMILES string of the molecule is OP(Cl)c1ccc(Cl)c2nonc12. The number of benzene rings is 1. The average molecular weight is 237 g/mol. The molecule has 0 radical (unpaired) electrons. The van der Waals surface area contributed by atoms with E-state index in [1.807, 2.05) is 0 Å². The van der Waals surface area contributed by atoms with Crippen LogP contribution in [-0.2, 0) is 0 Å². The summed E-state index contributed by atoms with van der Waals surface area (Å²) in [5.41, 5.74) is 0.831. The Morgan fingerprint density at radius 3 is 2.69 bits per heavy atom. The molecule has 1 heterocycles. The molecule has 1 unspecified atom stereocenters. The van der Waals surface area contributed by atoms with Crippen LogP contribution in [0.5, 0.6) is 0 Å². The van der Waals surface area contributed by atoms with Crippen LogP contribution >= 0.6 is 30.3 Å². The molecule has 1 aromatic carbocycles. The predicted octanol–water partition coefficient (Wildman–Crippen LogP) is 2.04. The molecule has 0 fully saturated rings. The van der Waals surface area contributed by atoms with Gasteiger partial charge in [-0.15, -0.1) is 0 Å². The average Bonchev–Trinajstić information content (AvgIpc) is 2.53. The molecule has 1 atom stereocenters. The van der Waals surface area contributed by atoms with E-state index in [9.17, 15) is 4.89 Å². The van der Waals surface area contributed by atoms with Gasteiger partial charge in [0.25, 0.3) is 0 Å². The predicted molar refractivity (Wildman–Crippen MR) is 51.4 cm³/mol. The molecule has 0 aliphatic heterocycles. The number of rotatable bonds is 1. The molecule has 13 heavy (non-hydrogen) atoms. The fourth-order valence-electron chi connectivity index (χ4n) is 0.972. The molecule has 0 saturated heterocycles. The number of aromatic nitrogens is 2. The lowest BCUT2D eigenvalue weighted by Gasteiger charge is -2.00. The lowest BCUT2D eigenvalue weighted by Crippen LogP contribution is -1.98. The number of hydrogen-bond acceptors (Lipinski definition) is 4. The van der Waals surface area contributed by atoms with Gasteiger partial charge >= 0.3 is 0 Å². The molecule has 0 bridgehead atoms. The molecule has 1 N–H and O–H groups in total. The first kappa shape index (κ1) is 9.16. The molecule has 68 valence electrons. The molecule has 7 heteroatoms. The Morgan fingerprint density at radius 1 is 1.31 bits per heavy atom. The minimum absolute atomic E-state index is 0.413.